The van der Waals surface area contributed by atoms with E-state index in [1.54, 1.807) is 0 Å². The average Bonchev–Trinajstić information content (AvgIpc) is 3.42. The molecule has 13 heteroatoms. The molecule has 37 heavy (non-hydrogen) atoms. The van der Waals surface area contributed by atoms with Gasteiger partial charge >= 0.3 is 0 Å². The summed E-state index contributed by atoms with van der Waals surface area (Å²) in [7, 11) is -6.11. The molecule has 202 valence electrons. The van der Waals surface area contributed by atoms with Crippen LogP contribution in [-0.4, -0.2) is 64.6 Å². The molecule has 0 aromatic heterocycles. The predicted octanol–water partition coefficient (Wildman–Crippen LogP) is 3.45. The molecule has 0 spiro atoms. The van der Waals surface area contributed by atoms with Crippen LogP contribution < -0.4 is 10.1 Å². The first kappa shape index (κ1) is 27.8. The lowest BCUT2D eigenvalue weighted by atomic mass is 9.97. The highest BCUT2D eigenvalue weighted by molar-refractivity contribution is 7.89. The van der Waals surface area contributed by atoms with E-state index < -0.39 is 37.5 Å². The molecule has 2 fully saturated rings. The summed E-state index contributed by atoms with van der Waals surface area (Å²) < 4.78 is 73.7. The summed E-state index contributed by atoms with van der Waals surface area (Å²) in [6.07, 6.45) is 2.12. The minimum absolute atomic E-state index is 0.0424. The second-order valence-corrected chi connectivity index (χ2v) is 13.4. The first-order valence-corrected chi connectivity index (χ1v) is 15.4. The number of carbonyl (C=O) groups is 1. The summed E-state index contributed by atoms with van der Waals surface area (Å²) in [5.74, 6) is -1.79. The maximum atomic E-state index is 14.1. The van der Waals surface area contributed by atoms with Gasteiger partial charge in [-0.05, 0) is 56.0 Å². The molecule has 2 aromatic carbocycles. The predicted molar refractivity (Wildman–Crippen MR) is 138 cm³/mol. The highest BCUT2D eigenvalue weighted by Gasteiger charge is 2.33. The lowest BCUT2D eigenvalue weighted by Crippen LogP contribution is -2.42. The molecule has 4 rings (SSSR count). The standard InChI is InChI=1S/C24H29ClFN3O6S2/c1-35-23-8-7-18(37(33,34)29-11-2-3-12-29)15-22(23)27-24(30)17-9-13-28(14-10-17)36(31,32)16-19-20(25)5-4-6-21(19)26/h4-8,15,17H,2-3,9-14,16H2,1H3,(H,27,30). The number of methoxy groups -OCH3 is 1. The van der Waals surface area contributed by atoms with Crippen LogP contribution in [0.2, 0.25) is 5.02 Å². The summed E-state index contributed by atoms with van der Waals surface area (Å²) in [4.78, 5) is 13.1. The van der Waals surface area contributed by atoms with Crippen molar-refractivity contribution in [1.29, 1.82) is 0 Å². The van der Waals surface area contributed by atoms with Crippen molar-refractivity contribution in [3.63, 3.8) is 0 Å². The first-order chi connectivity index (χ1) is 17.5. The van der Waals surface area contributed by atoms with Gasteiger partial charge in [0.25, 0.3) is 0 Å². The van der Waals surface area contributed by atoms with Gasteiger partial charge in [0.1, 0.15) is 11.6 Å². The minimum atomic E-state index is -3.84. The molecule has 0 unspecified atom stereocenters. The Morgan fingerprint density at radius 1 is 1.05 bits per heavy atom. The average molecular weight is 574 g/mol. The molecule has 2 aromatic rings. The van der Waals surface area contributed by atoms with Gasteiger partial charge in [0.15, 0.2) is 0 Å². The quantitative estimate of drug-likeness (QED) is 0.517. The highest BCUT2D eigenvalue weighted by Crippen LogP contribution is 2.32. The van der Waals surface area contributed by atoms with E-state index >= 15 is 0 Å². The van der Waals surface area contributed by atoms with Crippen LogP contribution in [-0.2, 0) is 30.6 Å². The monoisotopic (exact) mass is 573 g/mol. The minimum Gasteiger partial charge on any atom is -0.495 e. The summed E-state index contributed by atoms with van der Waals surface area (Å²) in [6, 6.07) is 8.35. The third-order valence-electron chi connectivity index (χ3n) is 6.74. The van der Waals surface area contributed by atoms with Crippen LogP contribution in [0.25, 0.3) is 0 Å². The van der Waals surface area contributed by atoms with Crippen molar-refractivity contribution >= 4 is 43.2 Å². The number of halogens is 2. The number of ether oxygens (including phenoxy) is 1. The van der Waals surface area contributed by atoms with Gasteiger partial charge in [-0.1, -0.05) is 17.7 Å². The molecule has 9 nitrogen and oxygen atoms in total. The second-order valence-electron chi connectivity index (χ2n) is 9.09. The van der Waals surface area contributed by atoms with E-state index in [0.717, 1.165) is 18.9 Å². The van der Waals surface area contributed by atoms with Crippen LogP contribution in [0, 0.1) is 11.7 Å². The van der Waals surface area contributed by atoms with Crippen LogP contribution >= 0.6 is 11.6 Å². The van der Waals surface area contributed by atoms with Gasteiger partial charge in [0, 0.05) is 42.7 Å². The normalized spacial score (nSPS) is 18.1. The van der Waals surface area contributed by atoms with Gasteiger partial charge in [-0.3, -0.25) is 4.79 Å². The maximum Gasteiger partial charge on any atom is 0.243 e. The van der Waals surface area contributed by atoms with E-state index in [1.165, 1.54) is 46.1 Å². The molecule has 0 atom stereocenters. The van der Waals surface area contributed by atoms with Gasteiger partial charge in [0.05, 0.1) is 23.4 Å². The second kappa shape index (κ2) is 11.2. The zero-order valence-electron chi connectivity index (χ0n) is 20.3. The Labute approximate surface area is 221 Å². The number of nitrogens with one attached hydrogen (secondary N) is 1. The van der Waals surface area contributed by atoms with E-state index in [9.17, 15) is 26.0 Å². The zero-order chi connectivity index (χ0) is 26.8. The number of piperidine rings is 1. The molecule has 2 saturated heterocycles. The third kappa shape index (κ3) is 6.09. The number of benzene rings is 2. The Kier molecular flexibility index (Phi) is 8.44. The van der Waals surface area contributed by atoms with Crippen molar-refractivity contribution in [3.8, 4) is 5.75 Å². The molecule has 0 saturated carbocycles. The van der Waals surface area contributed by atoms with E-state index in [4.69, 9.17) is 16.3 Å². The van der Waals surface area contributed by atoms with Crippen molar-refractivity contribution in [1.82, 2.24) is 8.61 Å². The molecule has 0 radical (unpaired) electrons. The smallest absolute Gasteiger partial charge is 0.243 e. The number of amides is 1. The Bertz CT molecular complexity index is 1350. The molecule has 2 aliphatic heterocycles. The van der Waals surface area contributed by atoms with E-state index in [0.29, 0.717) is 18.8 Å². The number of carbonyl (C=O) groups excluding carboxylic acids is 1. The lowest BCUT2D eigenvalue weighted by Gasteiger charge is -2.30. The SMILES string of the molecule is COc1ccc(S(=O)(=O)N2CCCC2)cc1NC(=O)C1CCN(S(=O)(=O)Cc2c(F)cccc2Cl)CC1. The Morgan fingerprint density at radius 3 is 2.35 bits per heavy atom. The Balaban J connectivity index is 1.42. The molecule has 0 bridgehead atoms. The Morgan fingerprint density at radius 2 is 1.73 bits per heavy atom. The third-order valence-corrected chi connectivity index (χ3v) is 10.8. The largest absolute Gasteiger partial charge is 0.495 e. The maximum absolute atomic E-state index is 14.1. The first-order valence-electron chi connectivity index (χ1n) is 11.9. The van der Waals surface area contributed by atoms with Gasteiger partial charge < -0.3 is 10.1 Å². The summed E-state index contributed by atoms with van der Waals surface area (Å²) in [6.45, 7) is 1.10. The van der Waals surface area contributed by atoms with Gasteiger partial charge in [-0.15, -0.1) is 0 Å². The fourth-order valence-electron chi connectivity index (χ4n) is 4.60. The van der Waals surface area contributed by atoms with Crippen LogP contribution in [0.3, 0.4) is 0 Å². The fourth-order valence-corrected chi connectivity index (χ4v) is 8.06. The number of sulfonamides is 2. The van der Waals surface area contributed by atoms with Crippen molar-refractivity contribution in [2.24, 2.45) is 5.92 Å². The highest BCUT2D eigenvalue weighted by atomic mass is 35.5. The van der Waals surface area contributed by atoms with E-state index in [1.807, 2.05) is 0 Å². The number of rotatable bonds is 8. The summed E-state index contributed by atoms with van der Waals surface area (Å²) in [5, 5.41) is 2.80. The van der Waals surface area contributed by atoms with E-state index in [2.05, 4.69) is 5.32 Å². The zero-order valence-corrected chi connectivity index (χ0v) is 22.7. The van der Waals surface area contributed by atoms with Crippen LogP contribution in [0.4, 0.5) is 10.1 Å². The molecular weight excluding hydrogens is 545 g/mol. The molecule has 2 heterocycles. The fraction of sp³-hybridized carbons (Fsp3) is 0.458. The van der Waals surface area contributed by atoms with E-state index in [-0.39, 0.29) is 53.0 Å². The summed E-state index contributed by atoms with van der Waals surface area (Å²) in [5.41, 5.74) is 0.150. The Hall–Kier alpha value is -2.25. The van der Waals surface area contributed by atoms with Crippen LogP contribution in [0.5, 0.6) is 5.75 Å². The number of nitrogens with zero attached hydrogens (tertiary/aromatic N) is 2. The van der Waals surface area contributed by atoms with Crippen molar-refractivity contribution in [3.05, 3.63) is 52.8 Å². The van der Waals surface area contributed by atoms with Crippen molar-refractivity contribution in [2.45, 2.75) is 36.3 Å². The molecule has 2 aliphatic rings. The summed E-state index contributed by atoms with van der Waals surface area (Å²) >= 11 is 5.99. The molecule has 1 amide bonds. The van der Waals surface area contributed by atoms with Crippen molar-refractivity contribution < 1.29 is 30.8 Å². The molecule has 0 aliphatic carbocycles. The van der Waals surface area contributed by atoms with Gasteiger partial charge in [-0.2, -0.15) is 4.31 Å². The number of hydrogen-bond donors (Lipinski definition) is 1. The number of anilines is 1. The molecule has 1 N–H and O–H groups in total. The van der Waals surface area contributed by atoms with Gasteiger partial charge in [-0.25, -0.2) is 25.5 Å². The van der Waals surface area contributed by atoms with Crippen LogP contribution in [0.1, 0.15) is 31.2 Å². The van der Waals surface area contributed by atoms with Crippen LogP contribution in [0.15, 0.2) is 41.3 Å². The van der Waals surface area contributed by atoms with Crippen molar-refractivity contribution in [2.75, 3.05) is 38.6 Å². The topological polar surface area (TPSA) is 113 Å². The van der Waals surface area contributed by atoms with Gasteiger partial charge in [0.2, 0.25) is 26.0 Å². The lowest BCUT2D eigenvalue weighted by molar-refractivity contribution is -0.120. The molecular formula is C24H29ClFN3O6S2. The number of hydrogen-bond acceptors (Lipinski definition) is 6.